The number of halogens is 1. The zero-order valence-corrected chi connectivity index (χ0v) is 10.2. The topological polar surface area (TPSA) is 40.5 Å². The average Bonchev–Trinajstić information content (AvgIpc) is 2.19. The number of rotatable bonds is 1. The number of alkyl halides is 1. The van der Waals surface area contributed by atoms with Gasteiger partial charge in [-0.15, -0.1) is 0 Å². The average molecular weight is 307 g/mol. The van der Waals surface area contributed by atoms with Gasteiger partial charge >= 0.3 is 6.09 Å². The van der Waals surface area contributed by atoms with Gasteiger partial charge in [0.15, 0.2) is 0 Å². The highest BCUT2D eigenvalue weighted by molar-refractivity contribution is 14.1. The first kappa shape index (κ1) is 11.6. The van der Waals surface area contributed by atoms with Crippen LogP contribution in [-0.4, -0.2) is 26.6 Å². The second kappa shape index (κ2) is 6.12. The maximum absolute atomic E-state index is 10.9. The van der Waals surface area contributed by atoms with Gasteiger partial charge in [-0.05, 0) is 12.8 Å². The van der Waals surface area contributed by atoms with Crippen molar-refractivity contribution in [3.63, 3.8) is 0 Å². The Morgan fingerprint density at radius 3 is 2.57 bits per heavy atom. The molecule has 3 nitrogen and oxygen atoms in total. The second-order valence-electron chi connectivity index (χ2n) is 3.37. The predicted octanol–water partition coefficient (Wildman–Crippen LogP) is 2.70. The third-order valence-corrected chi connectivity index (χ3v) is 2.79. The summed E-state index contributed by atoms with van der Waals surface area (Å²) in [7, 11) is 0. The van der Waals surface area contributed by atoms with Crippen LogP contribution in [0.4, 0.5) is 4.79 Å². The van der Waals surface area contributed by atoms with Crippen LogP contribution in [0.3, 0.4) is 0 Å². The van der Waals surface area contributed by atoms with E-state index >= 15 is 0 Å². The van der Waals surface area contributed by atoms with Crippen LogP contribution in [0.2, 0.25) is 0 Å². The lowest BCUT2D eigenvalue weighted by molar-refractivity contribution is 0.142. The fourth-order valence-electron chi connectivity index (χ4n) is 1.75. The highest BCUT2D eigenvalue weighted by atomic mass is 127. The predicted molar refractivity (Wildman–Crippen MR) is 63.4 cm³/mol. The molecule has 1 aliphatic carbocycles. The van der Waals surface area contributed by atoms with Crippen molar-refractivity contribution in [2.45, 2.75) is 38.1 Å². The molecule has 0 spiro atoms. The smallest absolute Gasteiger partial charge is 0.419 e. The lowest BCUT2D eigenvalue weighted by atomic mass is 9.95. The van der Waals surface area contributed by atoms with Crippen molar-refractivity contribution >= 4 is 28.7 Å². The van der Waals surface area contributed by atoms with Crippen molar-refractivity contribution in [1.82, 2.24) is 4.90 Å². The van der Waals surface area contributed by atoms with Crippen LogP contribution in [0.25, 0.3) is 0 Å². The second-order valence-corrected chi connectivity index (χ2v) is 4.13. The minimum Gasteiger partial charge on any atom is -0.464 e. The van der Waals surface area contributed by atoms with E-state index in [9.17, 15) is 4.79 Å². The monoisotopic (exact) mass is 307 g/mol. The van der Waals surface area contributed by atoms with E-state index in [1.165, 1.54) is 11.3 Å². The van der Waals surface area contributed by atoms with Crippen molar-refractivity contribution in [2.24, 2.45) is 0 Å². The molecule has 0 bridgehead atoms. The normalized spacial score (nSPS) is 16.9. The molecule has 1 N–H and O–H groups in total. The Labute approximate surface area is 98.0 Å². The summed E-state index contributed by atoms with van der Waals surface area (Å²) in [4.78, 5) is 12.2. The summed E-state index contributed by atoms with van der Waals surface area (Å²) in [6, 6.07) is 2.84. The van der Waals surface area contributed by atoms with Gasteiger partial charge in [-0.3, -0.25) is 0 Å². The molecule has 1 fully saturated rings. The Kier molecular flexibility index (Phi) is 5.09. The van der Waals surface area contributed by atoms with Crippen molar-refractivity contribution < 1.29 is 9.90 Å². The lowest BCUT2D eigenvalue weighted by Gasteiger charge is -2.27. The molecule has 0 aliphatic heterocycles. The minimum absolute atomic E-state index is 0.122. The Morgan fingerprint density at radius 2 is 2.07 bits per heavy atom. The lowest BCUT2D eigenvalue weighted by Crippen LogP contribution is -2.36. The Hall–Kier alpha value is -0.440. The third-order valence-electron chi connectivity index (χ3n) is 2.41. The third kappa shape index (κ3) is 3.37. The van der Waals surface area contributed by atoms with E-state index in [4.69, 9.17) is 5.11 Å². The molecule has 0 heterocycles. The number of amides is 1. The van der Waals surface area contributed by atoms with Crippen molar-refractivity contribution in [3.05, 3.63) is 0 Å². The van der Waals surface area contributed by atoms with E-state index in [2.05, 4.69) is 34.6 Å². The SMILES string of the molecule is O=C(O)N(C#CCI)C1CCCCC1. The van der Waals surface area contributed by atoms with E-state index in [1.807, 2.05) is 0 Å². The minimum atomic E-state index is -0.908. The number of carboxylic acid groups (broad SMARTS) is 1. The van der Waals surface area contributed by atoms with Crippen LogP contribution in [0.1, 0.15) is 32.1 Å². The Bertz CT molecular complexity index is 251. The number of hydrogen-bond acceptors (Lipinski definition) is 1. The molecule has 0 aromatic rings. The summed E-state index contributed by atoms with van der Waals surface area (Å²) in [5, 5.41) is 8.97. The van der Waals surface area contributed by atoms with E-state index in [0.29, 0.717) is 4.43 Å². The zero-order chi connectivity index (χ0) is 10.4. The van der Waals surface area contributed by atoms with Gasteiger partial charge in [0.1, 0.15) is 0 Å². The Morgan fingerprint density at radius 1 is 1.43 bits per heavy atom. The molecular weight excluding hydrogens is 293 g/mol. The largest absolute Gasteiger partial charge is 0.464 e. The molecule has 4 heteroatoms. The number of nitrogens with zero attached hydrogens (tertiary/aromatic N) is 1. The first-order chi connectivity index (χ1) is 6.75. The molecule has 0 saturated heterocycles. The van der Waals surface area contributed by atoms with E-state index in [1.54, 1.807) is 0 Å². The zero-order valence-electron chi connectivity index (χ0n) is 8.00. The maximum atomic E-state index is 10.9. The van der Waals surface area contributed by atoms with Gasteiger partial charge in [-0.25, -0.2) is 9.69 Å². The van der Waals surface area contributed by atoms with Gasteiger partial charge in [0, 0.05) is 12.1 Å². The summed E-state index contributed by atoms with van der Waals surface area (Å²) in [5.74, 6) is 2.81. The molecule has 78 valence electrons. The Balaban J connectivity index is 2.60. The summed E-state index contributed by atoms with van der Waals surface area (Å²) in [6.07, 6.45) is 4.49. The van der Waals surface area contributed by atoms with Crippen molar-refractivity contribution in [1.29, 1.82) is 0 Å². The van der Waals surface area contributed by atoms with Gasteiger partial charge in [-0.1, -0.05) is 47.8 Å². The van der Waals surface area contributed by atoms with Crippen LogP contribution < -0.4 is 0 Å². The summed E-state index contributed by atoms with van der Waals surface area (Å²) in [5.41, 5.74) is 0. The molecule has 0 radical (unpaired) electrons. The molecule has 1 amide bonds. The fraction of sp³-hybridized carbons (Fsp3) is 0.700. The van der Waals surface area contributed by atoms with Gasteiger partial charge < -0.3 is 5.11 Å². The van der Waals surface area contributed by atoms with Crippen molar-refractivity contribution in [2.75, 3.05) is 4.43 Å². The number of carbonyl (C=O) groups is 1. The van der Waals surface area contributed by atoms with Crippen LogP contribution in [0, 0.1) is 12.0 Å². The first-order valence-corrected chi connectivity index (χ1v) is 6.35. The van der Waals surface area contributed by atoms with E-state index in [-0.39, 0.29) is 6.04 Å². The maximum Gasteiger partial charge on any atom is 0.419 e. The fourth-order valence-corrected chi connectivity index (χ4v) is 1.92. The van der Waals surface area contributed by atoms with Gasteiger partial charge in [0.05, 0.1) is 4.43 Å². The van der Waals surface area contributed by atoms with E-state index < -0.39 is 6.09 Å². The first-order valence-electron chi connectivity index (χ1n) is 4.82. The van der Waals surface area contributed by atoms with Gasteiger partial charge in [0.25, 0.3) is 0 Å². The molecule has 0 atom stereocenters. The summed E-state index contributed by atoms with van der Waals surface area (Å²) < 4.78 is 0.675. The highest BCUT2D eigenvalue weighted by Gasteiger charge is 2.23. The van der Waals surface area contributed by atoms with Crippen LogP contribution in [0.5, 0.6) is 0 Å². The summed E-state index contributed by atoms with van der Waals surface area (Å²) >= 11 is 2.12. The van der Waals surface area contributed by atoms with Crippen LogP contribution in [0.15, 0.2) is 0 Å². The number of hydrogen-bond donors (Lipinski definition) is 1. The van der Waals surface area contributed by atoms with E-state index in [0.717, 1.165) is 25.7 Å². The molecule has 14 heavy (non-hydrogen) atoms. The molecule has 0 aromatic carbocycles. The molecule has 1 rings (SSSR count). The molecule has 1 saturated carbocycles. The molecule has 0 aromatic heterocycles. The standard InChI is InChI=1S/C10H14INO2/c11-7-4-8-12(10(13)14)9-5-2-1-3-6-9/h9H,1-3,5-7H2,(H,13,14). The highest BCUT2D eigenvalue weighted by Crippen LogP contribution is 2.22. The molecule has 1 aliphatic rings. The van der Waals surface area contributed by atoms with Gasteiger partial charge in [-0.2, -0.15) is 0 Å². The van der Waals surface area contributed by atoms with Crippen LogP contribution in [-0.2, 0) is 0 Å². The van der Waals surface area contributed by atoms with Crippen LogP contribution >= 0.6 is 22.6 Å². The molecule has 0 unspecified atom stereocenters. The molecular formula is C10H14INO2. The van der Waals surface area contributed by atoms with Gasteiger partial charge in [0.2, 0.25) is 0 Å². The van der Waals surface area contributed by atoms with Crippen molar-refractivity contribution in [3.8, 4) is 12.0 Å². The quantitative estimate of drug-likeness (QED) is 0.350. The summed E-state index contributed by atoms with van der Waals surface area (Å²) in [6.45, 7) is 0.